The quantitative estimate of drug-likeness (QED) is 0.624. The SMILES string of the molecule is CC1=C(C)[C@]2(C)C(=O)[C@](O)(C1=O)[C@]1(C)C(=O)[C@@]2(O)C(=O)C(C)=C1C. The van der Waals surface area contributed by atoms with Gasteiger partial charge in [0.05, 0.1) is 10.8 Å². The minimum absolute atomic E-state index is 0.0944. The zero-order chi connectivity index (χ0) is 18.6. The third-order valence-electron chi connectivity index (χ3n) is 6.98. The minimum atomic E-state index is -2.62. The van der Waals surface area contributed by atoms with Crippen LogP contribution in [0.5, 0.6) is 0 Å². The molecule has 6 heteroatoms. The standard InChI is InChI=1S/C18H20O6/c1-7-9(3)15(5)13(21)17(23,11(7)19)16(6)10(4)8(2)12(20)18(15,24)14(16)22/h23-24H,1-6H3/t15-,16+,17-,18+. The van der Waals surface area contributed by atoms with Gasteiger partial charge in [-0.3, -0.25) is 19.2 Å². The second-order valence-electron chi connectivity index (χ2n) is 7.49. The second-order valence-corrected chi connectivity index (χ2v) is 7.49. The number of ketones is 4. The van der Waals surface area contributed by atoms with Gasteiger partial charge >= 0.3 is 0 Å². The fourth-order valence-electron chi connectivity index (χ4n) is 4.68. The highest BCUT2D eigenvalue weighted by atomic mass is 16.3. The van der Waals surface area contributed by atoms with E-state index in [1.54, 1.807) is 0 Å². The third kappa shape index (κ3) is 1.14. The van der Waals surface area contributed by atoms with Gasteiger partial charge in [-0.25, -0.2) is 0 Å². The molecule has 2 N–H and O–H groups in total. The van der Waals surface area contributed by atoms with Gasteiger partial charge < -0.3 is 10.2 Å². The molecule has 3 aliphatic rings. The average molecular weight is 332 g/mol. The lowest BCUT2D eigenvalue weighted by atomic mass is 9.39. The first-order chi connectivity index (χ1) is 10.8. The third-order valence-corrected chi connectivity index (χ3v) is 6.98. The van der Waals surface area contributed by atoms with Crippen LogP contribution in [0.4, 0.5) is 0 Å². The number of carbonyl (C=O) groups excluding carboxylic acids is 4. The molecular weight excluding hydrogens is 312 g/mol. The molecule has 0 spiro atoms. The summed E-state index contributed by atoms with van der Waals surface area (Å²) in [5.74, 6) is -3.68. The van der Waals surface area contributed by atoms with Crippen LogP contribution in [0.1, 0.15) is 41.5 Å². The molecule has 0 amide bonds. The number of rotatable bonds is 0. The zero-order valence-electron chi connectivity index (χ0n) is 14.5. The molecule has 1 fully saturated rings. The molecule has 0 aromatic carbocycles. The summed E-state index contributed by atoms with van der Waals surface area (Å²) in [4.78, 5) is 52.1. The summed E-state index contributed by atoms with van der Waals surface area (Å²) in [6, 6.07) is 0. The fraction of sp³-hybridized carbons (Fsp3) is 0.556. The van der Waals surface area contributed by atoms with E-state index in [1.165, 1.54) is 41.5 Å². The molecule has 3 aliphatic carbocycles. The van der Waals surface area contributed by atoms with E-state index in [4.69, 9.17) is 0 Å². The van der Waals surface area contributed by atoms with E-state index >= 15 is 0 Å². The minimum Gasteiger partial charge on any atom is -0.373 e. The molecule has 6 nitrogen and oxygen atoms in total. The molecule has 3 rings (SSSR count). The molecule has 0 heterocycles. The van der Waals surface area contributed by atoms with Crippen molar-refractivity contribution in [1.29, 1.82) is 0 Å². The molecule has 0 unspecified atom stereocenters. The van der Waals surface area contributed by atoms with Gasteiger partial charge in [-0.15, -0.1) is 0 Å². The summed E-state index contributed by atoms with van der Waals surface area (Å²) in [6.45, 7) is 8.26. The Balaban J connectivity index is 2.64. The lowest BCUT2D eigenvalue weighted by Gasteiger charge is -2.62. The Labute approximate surface area is 139 Å². The van der Waals surface area contributed by atoms with Crippen LogP contribution in [-0.2, 0) is 19.2 Å². The normalized spacial score (nSPS) is 45.3. The van der Waals surface area contributed by atoms with Crippen LogP contribution in [0.3, 0.4) is 0 Å². The molecule has 128 valence electrons. The van der Waals surface area contributed by atoms with Crippen LogP contribution in [-0.4, -0.2) is 44.5 Å². The van der Waals surface area contributed by atoms with Crippen molar-refractivity contribution < 1.29 is 29.4 Å². The number of Topliss-reactive ketones (excluding diaryl/α,β-unsaturated/α-hetero) is 4. The highest BCUT2D eigenvalue weighted by molar-refractivity contribution is 6.37. The zero-order valence-corrected chi connectivity index (χ0v) is 14.5. The number of aliphatic hydroxyl groups is 2. The maximum atomic E-state index is 13.2. The van der Waals surface area contributed by atoms with Crippen molar-refractivity contribution in [3.63, 3.8) is 0 Å². The van der Waals surface area contributed by atoms with E-state index in [-0.39, 0.29) is 22.3 Å². The highest BCUT2D eigenvalue weighted by Gasteiger charge is 2.83. The van der Waals surface area contributed by atoms with E-state index in [0.29, 0.717) is 0 Å². The van der Waals surface area contributed by atoms with Crippen LogP contribution in [0.25, 0.3) is 0 Å². The van der Waals surface area contributed by atoms with Gasteiger partial charge in [-0.1, -0.05) is 0 Å². The van der Waals surface area contributed by atoms with Crippen molar-refractivity contribution in [3.8, 4) is 0 Å². The highest BCUT2D eigenvalue weighted by Crippen LogP contribution is 2.63. The van der Waals surface area contributed by atoms with Gasteiger partial charge in [0.25, 0.3) is 0 Å². The van der Waals surface area contributed by atoms with Gasteiger partial charge in [0, 0.05) is 0 Å². The van der Waals surface area contributed by atoms with Crippen molar-refractivity contribution in [3.05, 3.63) is 22.3 Å². The van der Waals surface area contributed by atoms with Gasteiger partial charge in [0.1, 0.15) is 0 Å². The smallest absolute Gasteiger partial charge is 0.202 e. The van der Waals surface area contributed by atoms with Crippen LogP contribution >= 0.6 is 0 Å². The Morgan fingerprint density at radius 3 is 1.12 bits per heavy atom. The summed E-state index contributed by atoms with van der Waals surface area (Å²) in [6.07, 6.45) is 0. The van der Waals surface area contributed by atoms with Crippen LogP contribution in [0, 0.1) is 10.8 Å². The number of hydrogen-bond acceptors (Lipinski definition) is 6. The molecule has 0 aromatic heterocycles. The van der Waals surface area contributed by atoms with E-state index in [2.05, 4.69) is 0 Å². The van der Waals surface area contributed by atoms with Gasteiger partial charge in [-0.05, 0) is 63.8 Å². The monoisotopic (exact) mass is 332 g/mol. The van der Waals surface area contributed by atoms with E-state index in [1.807, 2.05) is 0 Å². The van der Waals surface area contributed by atoms with Crippen molar-refractivity contribution in [2.45, 2.75) is 52.7 Å². The van der Waals surface area contributed by atoms with E-state index < -0.39 is 45.2 Å². The lowest BCUT2D eigenvalue weighted by Crippen LogP contribution is -2.83. The molecule has 1 saturated carbocycles. The Bertz CT molecular complexity index is 776. The van der Waals surface area contributed by atoms with Crippen molar-refractivity contribution in [2.75, 3.05) is 0 Å². The lowest BCUT2D eigenvalue weighted by molar-refractivity contribution is -0.206. The fourth-order valence-corrected chi connectivity index (χ4v) is 4.68. The summed E-state index contributed by atoms with van der Waals surface area (Å²) in [5, 5.41) is 22.4. The molecule has 0 radical (unpaired) electrons. The maximum Gasteiger partial charge on any atom is 0.202 e. The van der Waals surface area contributed by atoms with Crippen LogP contribution < -0.4 is 0 Å². The molecule has 4 bridgehead atoms. The van der Waals surface area contributed by atoms with Gasteiger partial charge in [-0.2, -0.15) is 0 Å². The van der Waals surface area contributed by atoms with E-state index in [9.17, 15) is 29.4 Å². The van der Waals surface area contributed by atoms with Crippen LogP contribution in [0.2, 0.25) is 0 Å². The first-order valence-corrected chi connectivity index (χ1v) is 7.76. The van der Waals surface area contributed by atoms with E-state index in [0.717, 1.165) is 0 Å². The molecular formula is C18H20O6. The maximum absolute atomic E-state index is 13.2. The first kappa shape index (κ1) is 16.9. The first-order valence-electron chi connectivity index (χ1n) is 7.76. The molecule has 0 aliphatic heterocycles. The topological polar surface area (TPSA) is 109 Å². The predicted octanol–water partition coefficient (Wildman–Crippen LogP) is 0.451. The summed E-state index contributed by atoms with van der Waals surface area (Å²) < 4.78 is 0. The van der Waals surface area contributed by atoms with Crippen LogP contribution in [0.15, 0.2) is 22.3 Å². The number of fused-ring (bicyclic) bond motifs is 6. The van der Waals surface area contributed by atoms with Crippen molar-refractivity contribution in [1.82, 2.24) is 0 Å². The Hall–Kier alpha value is -1.92. The summed E-state index contributed by atoms with van der Waals surface area (Å²) >= 11 is 0. The van der Waals surface area contributed by atoms with Crippen molar-refractivity contribution >= 4 is 23.1 Å². The number of hydrogen-bond donors (Lipinski definition) is 2. The van der Waals surface area contributed by atoms with Gasteiger partial charge in [0.15, 0.2) is 23.1 Å². The summed E-state index contributed by atoms with van der Waals surface area (Å²) in [7, 11) is 0. The largest absolute Gasteiger partial charge is 0.373 e. The predicted molar refractivity (Wildman–Crippen MR) is 82.9 cm³/mol. The molecule has 4 atom stereocenters. The Morgan fingerprint density at radius 1 is 0.625 bits per heavy atom. The molecule has 0 saturated heterocycles. The van der Waals surface area contributed by atoms with Crippen molar-refractivity contribution in [2.24, 2.45) is 10.8 Å². The molecule has 24 heavy (non-hydrogen) atoms. The molecule has 0 aromatic rings. The second kappa shape index (κ2) is 4.00. The average Bonchev–Trinajstić information content (AvgIpc) is 2.56. The number of carbonyl (C=O) groups is 4. The van der Waals surface area contributed by atoms with Gasteiger partial charge in [0.2, 0.25) is 11.2 Å². The summed E-state index contributed by atoms with van der Waals surface area (Å²) in [5.41, 5.74) is -8.73. The Morgan fingerprint density at radius 2 is 0.875 bits per heavy atom. The Kier molecular flexibility index (Phi) is 2.82.